The fourth-order valence-electron chi connectivity index (χ4n) is 5.33. The topological polar surface area (TPSA) is 318 Å². The Kier molecular flexibility index (Phi) is 13.2. The van der Waals surface area contributed by atoms with Gasteiger partial charge < -0.3 is 87.6 Å². The molecular weight excluding hydrogens is 566 g/mol. The molecule has 2 saturated heterocycles. The summed E-state index contributed by atoms with van der Waals surface area (Å²) in [6.07, 6.45) is -19.4. The summed E-state index contributed by atoms with van der Waals surface area (Å²) in [4.78, 5) is 12.6. The maximum atomic E-state index is 12.6. The second kappa shape index (κ2) is 15.7. The summed E-state index contributed by atoms with van der Waals surface area (Å²) in [5.41, 5.74) is 17.6. The van der Waals surface area contributed by atoms with Gasteiger partial charge in [-0.05, 0) is 25.9 Å². The molecule has 2 heterocycles. The zero-order valence-electron chi connectivity index (χ0n) is 23.3. The van der Waals surface area contributed by atoms with Gasteiger partial charge in [-0.2, -0.15) is 0 Å². The molecule has 16 atom stereocenters. The fourth-order valence-corrected chi connectivity index (χ4v) is 5.33. The highest BCUT2D eigenvalue weighted by Crippen LogP contribution is 2.32. The van der Waals surface area contributed by atoms with Crippen LogP contribution < -0.4 is 27.8 Å². The minimum atomic E-state index is -1.73. The third kappa shape index (κ3) is 7.91. The second-order valence-electron chi connectivity index (χ2n) is 10.9. The van der Waals surface area contributed by atoms with Gasteiger partial charge in [0.1, 0.15) is 67.1 Å². The normalized spacial score (nSPS) is 45.4. The lowest BCUT2D eigenvalue weighted by molar-refractivity contribution is -0.333. The first-order chi connectivity index (χ1) is 19.9. The predicted octanol–water partition coefficient (Wildman–Crippen LogP) is -7.77. The molecule has 42 heavy (non-hydrogen) atoms. The van der Waals surface area contributed by atoms with E-state index in [1.165, 1.54) is 0 Å². The monoisotopic (exact) mass is 613 g/mol. The summed E-state index contributed by atoms with van der Waals surface area (Å²) in [5.74, 6) is -0.835. The molecule has 16 N–H and O–H groups in total. The number of carbonyl (C=O) groups excluding carboxylic acids is 1. The van der Waals surface area contributed by atoms with Crippen molar-refractivity contribution in [3.8, 4) is 0 Å². The molecule has 0 aromatic rings. The average molecular weight is 614 g/mol. The smallest absolute Gasteiger partial charge is 0.249 e. The summed E-state index contributed by atoms with van der Waals surface area (Å²) in [6.45, 7) is 1.80. The van der Waals surface area contributed by atoms with Gasteiger partial charge >= 0.3 is 0 Å². The summed E-state index contributed by atoms with van der Waals surface area (Å²) in [5, 5.41) is 88.7. The van der Waals surface area contributed by atoms with Crippen molar-refractivity contribution < 1.29 is 64.6 Å². The highest BCUT2D eigenvalue weighted by Gasteiger charge is 2.52. The Bertz CT molecular complexity index is 849. The summed E-state index contributed by atoms with van der Waals surface area (Å²) < 4.78 is 22.9. The molecule has 0 unspecified atom stereocenters. The number of nitrogens with two attached hydrogens (primary N) is 3. The van der Waals surface area contributed by atoms with Crippen molar-refractivity contribution in [1.82, 2.24) is 10.6 Å². The van der Waals surface area contributed by atoms with E-state index in [4.69, 9.17) is 36.1 Å². The number of likely N-dealkylation sites (N-methyl/N-ethyl adjacent to an activating group) is 1. The van der Waals surface area contributed by atoms with Crippen molar-refractivity contribution in [3.63, 3.8) is 0 Å². The molecule has 3 rings (SSSR count). The van der Waals surface area contributed by atoms with E-state index < -0.39 is 110 Å². The van der Waals surface area contributed by atoms with Crippen LogP contribution in [0.2, 0.25) is 0 Å². The summed E-state index contributed by atoms with van der Waals surface area (Å²) in [7, 11) is 0. The Morgan fingerprint density at radius 2 is 1.52 bits per heavy atom. The van der Waals surface area contributed by atoms with E-state index in [0.717, 1.165) is 0 Å². The molecule has 2 aliphatic heterocycles. The molecule has 1 aliphatic carbocycles. The van der Waals surface area contributed by atoms with E-state index in [2.05, 4.69) is 10.6 Å². The van der Waals surface area contributed by atoms with Crippen LogP contribution >= 0.6 is 0 Å². The van der Waals surface area contributed by atoms with Gasteiger partial charge in [0.2, 0.25) is 5.91 Å². The van der Waals surface area contributed by atoms with Gasteiger partial charge in [-0.1, -0.05) is 6.92 Å². The van der Waals surface area contributed by atoms with Crippen LogP contribution in [-0.4, -0.2) is 171 Å². The lowest BCUT2D eigenvalue weighted by atomic mass is 9.83. The van der Waals surface area contributed by atoms with Crippen LogP contribution in [0, 0.1) is 0 Å². The number of ether oxygens (including phenoxy) is 4. The number of aliphatic hydroxyl groups is 8. The van der Waals surface area contributed by atoms with Crippen molar-refractivity contribution in [2.24, 2.45) is 17.2 Å². The molecule has 18 nitrogen and oxygen atoms in total. The Balaban J connectivity index is 1.84. The highest BCUT2D eigenvalue weighted by atomic mass is 16.7. The number of hydrogen-bond donors (Lipinski definition) is 13. The maximum Gasteiger partial charge on any atom is 0.249 e. The molecule has 18 heteroatoms. The molecule has 1 amide bonds. The van der Waals surface area contributed by atoms with Crippen LogP contribution in [0.1, 0.15) is 19.8 Å². The largest absolute Gasteiger partial charge is 0.394 e. The Morgan fingerprint density at radius 3 is 2.14 bits per heavy atom. The van der Waals surface area contributed by atoms with Gasteiger partial charge in [0.05, 0.1) is 18.7 Å². The molecule has 3 fully saturated rings. The second-order valence-corrected chi connectivity index (χ2v) is 10.9. The molecule has 0 aromatic carbocycles. The van der Waals surface area contributed by atoms with Crippen molar-refractivity contribution in [1.29, 1.82) is 0 Å². The van der Waals surface area contributed by atoms with Crippen molar-refractivity contribution >= 4 is 5.91 Å². The van der Waals surface area contributed by atoms with Gasteiger partial charge in [0.15, 0.2) is 12.6 Å². The third-order valence-corrected chi connectivity index (χ3v) is 7.87. The zero-order valence-corrected chi connectivity index (χ0v) is 23.3. The molecule has 3 aliphatic rings. The van der Waals surface area contributed by atoms with E-state index in [9.17, 15) is 45.6 Å². The Labute approximate surface area is 242 Å². The highest BCUT2D eigenvalue weighted by molar-refractivity contribution is 5.80. The van der Waals surface area contributed by atoms with Crippen LogP contribution in [0.3, 0.4) is 0 Å². The Hall–Kier alpha value is -1.17. The standard InChI is InChI=1S/C24H47N5O13/c1-2-28-6-11-15(33)17(35)18(36)24(39-11)41-20-8(26)5-9(29-22(38)10(31)3-4-25)21(19(20)37)42-23-16(34)13(27)14(32)12(7-30)40-23/h8-21,23-24,28,30-37H,2-7,25-27H2,1H3,(H,29,38)/t8-,9+,10-,11+,12-,13+,14-,15+,16-,17-,18+,19-,20+,21-,23-,24+/m0/s1. The van der Waals surface area contributed by atoms with Crippen molar-refractivity contribution in [2.75, 3.05) is 26.2 Å². The van der Waals surface area contributed by atoms with Crippen LogP contribution in [0.15, 0.2) is 0 Å². The SMILES string of the molecule is CCNC[C@H]1O[C@H](O[C@H]2[C@H](O)[C@@H](O[C@@H]3O[C@@H](CO)[C@H](O)[C@@H](N)[C@@H]3O)[C@H](NC(=O)[C@@H](O)CCN)C[C@@H]2N)[C@H](O)[C@@H](O)[C@@H]1O. The number of amides is 1. The first kappa shape index (κ1) is 35.3. The van der Waals surface area contributed by atoms with Crippen LogP contribution in [0.25, 0.3) is 0 Å². The molecule has 1 saturated carbocycles. The van der Waals surface area contributed by atoms with Gasteiger partial charge in [0, 0.05) is 12.6 Å². The van der Waals surface area contributed by atoms with Crippen molar-refractivity contribution in [2.45, 2.75) is 118 Å². The van der Waals surface area contributed by atoms with E-state index in [0.29, 0.717) is 6.54 Å². The number of nitrogens with one attached hydrogen (secondary N) is 2. The minimum absolute atomic E-state index is 0.0150. The van der Waals surface area contributed by atoms with Gasteiger partial charge in [0.25, 0.3) is 0 Å². The molecule has 0 spiro atoms. The Morgan fingerprint density at radius 1 is 0.905 bits per heavy atom. The summed E-state index contributed by atoms with van der Waals surface area (Å²) >= 11 is 0. The third-order valence-electron chi connectivity index (χ3n) is 7.87. The van der Waals surface area contributed by atoms with Crippen molar-refractivity contribution in [3.05, 3.63) is 0 Å². The van der Waals surface area contributed by atoms with E-state index in [-0.39, 0.29) is 25.9 Å². The molecule has 0 radical (unpaired) electrons. The molecule has 0 bridgehead atoms. The number of aliphatic hydroxyl groups excluding tert-OH is 8. The minimum Gasteiger partial charge on any atom is -0.394 e. The van der Waals surface area contributed by atoms with E-state index in [1.54, 1.807) is 0 Å². The summed E-state index contributed by atoms with van der Waals surface area (Å²) in [6, 6.07) is -3.43. The molecule has 0 aromatic heterocycles. The number of rotatable bonds is 12. The first-order valence-electron chi connectivity index (χ1n) is 14.1. The average Bonchev–Trinajstić information content (AvgIpc) is 2.96. The van der Waals surface area contributed by atoms with E-state index >= 15 is 0 Å². The van der Waals surface area contributed by atoms with Gasteiger partial charge in [-0.15, -0.1) is 0 Å². The van der Waals surface area contributed by atoms with Gasteiger partial charge in [-0.3, -0.25) is 4.79 Å². The number of carbonyl (C=O) groups is 1. The van der Waals surface area contributed by atoms with E-state index in [1.807, 2.05) is 6.92 Å². The lowest BCUT2D eigenvalue weighted by Crippen LogP contribution is -2.69. The van der Waals surface area contributed by atoms with Gasteiger partial charge in [-0.25, -0.2) is 0 Å². The molecule has 246 valence electrons. The quantitative estimate of drug-likeness (QED) is 0.0971. The maximum absolute atomic E-state index is 12.6. The lowest BCUT2D eigenvalue weighted by Gasteiger charge is -2.49. The predicted molar refractivity (Wildman–Crippen MR) is 141 cm³/mol. The van der Waals surface area contributed by atoms with Crippen LogP contribution in [0.4, 0.5) is 0 Å². The fraction of sp³-hybridized carbons (Fsp3) is 0.958. The van der Waals surface area contributed by atoms with Crippen LogP contribution in [0.5, 0.6) is 0 Å². The van der Waals surface area contributed by atoms with Crippen LogP contribution in [-0.2, 0) is 23.7 Å². The first-order valence-corrected chi connectivity index (χ1v) is 14.1. The number of hydrogen-bond acceptors (Lipinski definition) is 17. The molecular formula is C24H47N5O13. The zero-order chi connectivity index (χ0) is 31.3.